The van der Waals surface area contributed by atoms with Gasteiger partial charge in [-0.2, -0.15) is 0 Å². The molecule has 10 nitrogen and oxygen atoms in total. The molecule has 2 amide bonds. The van der Waals surface area contributed by atoms with E-state index >= 15 is 0 Å². The quantitative estimate of drug-likeness (QED) is 0.198. The molecule has 0 aliphatic heterocycles. The Morgan fingerprint density at radius 3 is 2.55 bits per heavy atom. The second-order valence-corrected chi connectivity index (χ2v) is 7.25. The maximum absolute atomic E-state index is 12.5. The first-order valence-electron chi connectivity index (χ1n) is 10.5. The van der Waals surface area contributed by atoms with Crippen LogP contribution in [0.5, 0.6) is 11.5 Å². The molecule has 0 atom stereocenters. The predicted octanol–water partition coefficient (Wildman–Crippen LogP) is 3.19. The number of benzene rings is 2. The molecule has 0 saturated heterocycles. The highest BCUT2D eigenvalue weighted by Gasteiger charge is 2.11. The van der Waals surface area contributed by atoms with Crippen molar-refractivity contribution >= 4 is 34.2 Å². The molecule has 33 heavy (non-hydrogen) atoms. The Bertz CT molecular complexity index is 1120. The van der Waals surface area contributed by atoms with Gasteiger partial charge >= 0.3 is 0 Å². The summed E-state index contributed by atoms with van der Waals surface area (Å²) < 4.78 is 10.6. The van der Waals surface area contributed by atoms with E-state index in [9.17, 15) is 9.59 Å². The zero-order valence-corrected chi connectivity index (χ0v) is 18.6. The average molecular weight is 453 g/mol. The summed E-state index contributed by atoms with van der Waals surface area (Å²) in [5.74, 6) is 1.22. The third-order valence-corrected chi connectivity index (χ3v) is 5.04. The van der Waals surface area contributed by atoms with Crippen LogP contribution < -0.4 is 25.6 Å². The Morgan fingerprint density at radius 1 is 0.970 bits per heavy atom. The van der Waals surface area contributed by atoms with Gasteiger partial charge in [-0.15, -0.1) is 0 Å². The second kappa shape index (κ2) is 11.6. The van der Waals surface area contributed by atoms with E-state index in [-0.39, 0.29) is 12.3 Å². The monoisotopic (exact) mass is 453 g/mol. The van der Waals surface area contributed by atoms with Crippen molar-refractivity contribution in [3.05, 3.63) is 48.3 Å². The number of unbranched alkanes of at least 4 members (excludes halogenated alkanes) is 2. The Hall–Kier alpha value is -3.92. The van der Waals surface area contributed by atoms with Crippen molar-refractivity contribution in [1.82, 2.24) is 20.8 Å². The SMILES string of the molecule is COc1ccc(Nc2ncnc3cc(C(=O)NCCCCCC(=O)NO)ccc23)cc1OC. The van der Waals surface area contributed by atoms with E-state index in [0.29, 0.717) is 41.4 Å². The molecular formula is C23H27N5O5. The lowest BCUT2D eigenvalue weighted by atomic mass is 10.1. The molecule has 174 valence electrons. The third-order valence-electron chi connectivity index (χ3n) is 5.04. The molecular weight excluding hydrogens is 426 g/mol. The number of ether oxygens (including phenoxy) is 2. The summed E-state index contributed by atoms with van der Waals surface area (Å²) in [5, 5.41) is 15.4. The van der Waals surface area contributed by atoms with Crippen LogP contribution in [0.3, 0.4) is 0 Å². The molecule has 0 aliphatic carbocycles. The van der Waals surface area contributed by atoms with Gasteiger partial charge in [0.25, 0.3) is 5.91 Å². The van der Waals surface area contributed by atoms with Crippen molar-refractivity contribution in [3.8, 4) is 11.5 Å². The van der Waals surface area contributed by atoms with Gasteiger partial charge in [-0.3, -0.25) is 14.8 Å². The maximum Gasteiger partial charge on any atom is 0.251 e. The van der Waals surface area contributed by atoms with Crippen LogP contribution in [-0.4, -0.2) is 47.8 Å². The van der Waals surface area contributed by atoms with Crippen LogP contribution in [-0.2, 0) is 4.79 Å². The van der Waals surface area contributed by atoms with Crippen LogP contribution in [0, 0.1) is 0 Å². The number of aromatic nitrogens is 2. The Labute approximate surface area is 191 Å². The van der Waals surface area contributed by atoms with E-state index in [2.05, 4.69) is 20.6 Å². The standard InChI is InChI=1S/C23H27N5O5/c1-32-19-10-8-16(13-20(19)33-2)27-22-17-9-7-15(12-18(17)25-14-26-22)23(30)24-11-5-3-4-6-21(29)28-31/h7-10,12-14,31H,3-6,11H2,1-2H3,(H,24,30)(H,28,29)(H,25,26,27). The summed E-state index contributed by atoms with van der Waals surface area (Å²) in [5.41, 5.74) is 3.51. The zero-order chi connectivity index (χ0) is 23.6. The molecule has 0 saturated carbocycles. The van der Waals surface area contributed by atoms with Crippen LogP contribution in [0.15, 0.2) is 42.7 Å². The fraction of sp³-hybridized carbons (Fsp3) is 0.304. The highest BCUT2D eigenvalue weighted by Crippen LogP contribution is 2.32. The molecule has 0 unspecified atom stereocenters. The summed E-state index contributed by atoms with van der Waals surface area (Å²) in [6, 6.07) is 10.7. The van der Waals surface area contributed by atoms with E-state index in [4.69, 9.17) is 14.7 Å². The lowest BCUT2D eigenvalue weighted by molar-refractivity contribution is -0.129. The summed E-state index contributed by atoms with van der Waals surface area (Å²) in [6.45, 7) is 0.494. The van der Waals surface area contributed by atoms with Crippen molar-refractivity contribution in [2.75, 3.05) is 26.1 Å². The topological polar surface area (TPSA) is 135 Å². The molecule has 0 aliphatic rings. The van der Waals surface area contributed by atoms with Gasteiger partial charge in [0, 0.05) is 35.7 Å². The van der Waals surface area contributed by atoms with Crippen molar-refractivity contribution in [1.29, 1.82) is 0 Å². The maximum atomic E-state index is 12.5. The lowest BCUT2D eigenvalue weighted by Gasteiger charge is -2.12. The second-order valence-electron chi connectivity index (χ2n) is 7.25. The van der Waals surface area contributed by atoms with Crippen LogP contribution in [0.25, 0.3) is 10.9 Å². The van der Waals surface area contributed by atoms with Crippen LogP contribution >= 0.6 is 0 Å². The van der Waals surface area contributed by atoms with Crippen molar-refractivity contribution in [3.63, 3.8) is 0 Å². The first kappa shape index (κ1) is 23.7. The fourth-order valence-electron chi connectivity index (χ4n) is 3.30. The first-order chi connectivity index (χ1) is 16.0. The molecule has 0 bridgehead atoms. The number of anilines is 2. The molecule has 3 aromatic rings. The minimum Gasteiger partial charge on any atom is -0.493 e. The summed E-state index contributed by atoms with van der Waals surface area (Å²) in [6.07, 6.45) is 3.85. The normalized spacial score (nSPS) is 10.5. The minimum atomic E-state index is -0.405. The summed E-state index contributed by atoms with van der Waals surface area (Å²) >= 11 is 0. The third kappa shape index (κ3) is 6.30. The molecule has 0 radical (unpaired) electrons. The van der Waals surface area contributed by atoms with Crippen LogP contribution in [0.4, 0.5) is 11.5 Å². The molecule has 2 aromatic carbocycles. The van der Waals surface area contributed by atoms with E-state index in [1.165, 1.54) is 6.33 Å². The number of hydroxylamine groups is 1. The van der Waals surface area contributed by atoms with Crippen molar-refractivity contribution < 1.29 is 24.3 Å². The van der Waals surface area contributed by atoms with E-state index < -0.39 is 5.91 Å². The first-order valence-corrected chi connectivity index (χ1v) is 10.5. The van der Waals surface area contributed by atoms with Gasteiger partial charge in [-0.1, -0.05) is 6.42 Å². The van der Waals surface area contributed by atoms with Crippen LogP contribution in [0.1, 0.15) is 36.0 Å². The molecule has 10 heteroatoms. The number of hydrogen-bond donors (Lipinski definition) is 4. The van der Waals surface area contributed by atoms with Gasteiger partial charge in [0.15, 0.2) is 11.5 Å². The highest BCUT2D eigenvalue weighted by atomic mass is 16.5. The number of carbonyl (C=O) groups excluding carboxylic acids is 2. The molecule has 1 aromatic heterocycles. The van der Waals surface area contributed by atoms with E-state index in [0.717, 1.165) is 23.9 Å². The summed E-state index contributed by atoms with van der Waals surface area (Å²) in [4.78, 5) is 32.1. The smallest absolute Gasteiger partial charge is 0.251 e. The molecule has 1 heterocycles. The van der Waals surface area contributed by atoms with Gasteiger partial charge in [-0.05, 0) is 43.2 Å². The molecule has 4 N–H and O–H groups in total. The minimum absolute atomic E-state index is 0.196. The highest BCUT2D eigenvalue weighted by molar-refractivity contribution is 6.00. The number of hydrogen-bond acceptors (Lipinski definition) is 8. The van der Waals surface area contributed by atoms with Crippen molar-refractivity contribution in [2.24, 2.45) is 0 Å². The number of fused-ring (bicyclic) bond motifs is 1. The largest absolute Gasteiger partial charge is 0.493 e. The summed E-state index contributed by atoms with van der Waals surface area (Å²) in [7, 11) is 3.15. The molecule has 3 rings (SSSR count). The van der Waals surface area contributed by atoms with E-state index in [1.54, 1.807) is 44.0 Å². The van der Waals surface area contributed by atoms with Gasteiger partial charge in [0.05, 0.1) is 19.7 Å². The Kier molecular flexibility index (Phi) is 8.36. The fourth-order valence-corrected chi connectivity index (χ4v) is 3.30. The zero-order valence-electron chi connectivity index (χ0n) is 18.6. The van der Waals surface area contributed by atoms with Gasteiger partial charge in [-0.25, -0.2) is 15.4 Å². The number of carbonyl (C=O) groups is 2. The number of nitrogens with one attached hydrogen (secondary N) is 3. The van der Waals surface area contributed by atoms with Gasteiger partial charge in [0.2, 0.25) is 5.91 Å². The van der Waals surface area contributed by atoms with Crippen LogP contribution in [0.2, 0.25) is 0 Å². The molecule has 0 spiro atoms. The lowest BCUT2D eigenvalue weighted by Crippen LogP contribution is -2.24. The average Bonchev–Trinajstić information content (AvgIpc) is 2.85. The molecule has 0 fully saturated rings. The van der Waals surface area contributed by atoms with Crippen molar-refractivity contribution in [2.45, 2.75) is 25.7 Å². The Balaban J connectivity index is 1.64. The number of rotatable bonds is 11. The van der Waals surface area contributed by atoms with Gasteiger partial charge < -0.3 is 20.1 Å². The number of nitrogens with zero attached hydrogens (tertiary/aromatic N) is 2. The predicted molar refractivity (Wildman–Crippen MR) is 123 cm³/mol. The van der Waals surface area contributed by atoms with Gasteiger partial charge in [0.1, 0.15) is 12.1 Å². The van der Waals surface area contributed by atoms with E-state index in [1.807, 2.05) is 12.1 Å². The number of amides is 2. The number of methoxy groups -OCH3 is 2. The Morgan fingerprint density at radius 2 is 1.79 bits per heavy atom.